The van der Waals surface area contributed by atoms with Crippen molar-refractivity contribution in [2.24, 2.45) is 0 Å². The number of aliphatic hydroxyl groups is 1. The molecule has 0 saturated carbocycles. The number of rotatable bonds is 91. The molecule has 2 amide bonds. The summed E-state index contributed by atoms with van der Waals surface area (Å²) in [6.45, 7) is 14.6. The molecule has 0 aliphatic carbocycles. The number of aliphatic hydroxyl groups excluding tert-OH is 1. The third kappa shape index (κ3) is 63.9. The second-order valence-corrected chi connectivity index (χ2v) is 38.9. The topological polar surface area (TPSA) is 247 Å². The van der Waals surface area contributed by atoms with Crippen LogP contribution in [-0.4, -0.2) is 109 Å². The highest BCUT2D eigenvalue weighted by molar-refractivity contribution is 7.49. The van der Waals surface area contributed by atoms with Crippen molar-refractivity contribution in [3.05, 3.63) is 60.7 Å². The molecule has 0 bridgehead atoms. The van der Waals surface area contributed by atoms with Crippen LogP contribution in [0.25, 0.3) is 0 Å². The zero-order valence-corrected chi connectivity index (χ0v) is 83.6. The Labute approximate surface area is 781 Å². The van der Waals surface area contributed by atoms with Crippen LogP contribution in [0.15, 0.2) is 60.7 Å². The third-order valence-corrected chi connectivity index (χ3v) is 26.8. The number of hydrogen-bond acceptors (Lipinski definition) is 17. The Morgan fingerprint density at radius 3 is 0.961 bits per heavy atom. The number of phosphoric ester groups is 1. The lowest BCUT2D eigenvalue weighted by Crippen LogP contribution is -2.66. The second kappa shape index (κ2) is 82.6. The summed E-state index contributed by atoms with van der Waals surface area (Å²) < 4.78 is 74.2. The Kier molecular flexibility index (Phi) is 75.6. The van der Waals surface area contributed by atoms with E-state index in [1.54, 1.807) is 60.7 Å². The maximum Gasteiger partial charge on any atom is 0.588 e. The van der Waals surface area contributed by atoms with Crippen LogP contribution in [0.5, 0.6) is 11.5 Å². The first-order valence-corrected chi connectivity index (χ1v) is 55.1. The van der Waals surface area contributed by atoms with Gasteiger partial charge in [-0.1, -0.05) is 432 Å². The van der Waals surface area contributed by atoms with Crippen LogP contribution >= 0.6 is 7.82 Å². The number of para-hydroxylation sites is 2. The molecular formula is C108H191N2O17P. The van der Waals surface area contributed by atoms with E-state index in [1.807, 2.05) is 6.92 Å². The highest BCUT2D eigenvalue weighted by Gasteiger charge is 2.54. The highest BCUT2D eigenvalue weighted by atomic mass is 31.2. The van der Waals surface area contributed by atoms with Crippen LogP contribution in [0.2, 0.25) is 0 Å². The first-order chi connectivity index (χ1) is 62.6. The Hall–Kier alpha value is -5.07. The fraction of sp³-hybridized carbons (Fsp3) is 0.833. The van der Waals surface area contributed by atoms with Crippen molar-refractivity contribution < 1.29 is 80.4 Å². The number of benzene rings is 2. The fourth-order valence-electron chi connectivity index (χ4n) is 17.5. The van der Waals surface area contributed by atoms with Crippen molar-refractivity contribution in [1.29, 1.82) is 0 Å². The van der Waals surface area contributed by atoms with Gasteiger partial charge in [0.25, 0.3) is 0 Å². The van der Waals surface area contributed by atoms with E-state index in [2.05, 4.69) is 52.2 Å². The Morgan fingerprint density at radius 1 is 0.352 bits per heavy atom. The number of hydrogen-bond donors (Lipinski definition) is 3. The number of carbonyl (C=O) groups is 6. The molecule has 20 heteroatoms. The molecule has 1 fully saturated rings. The maximum absolute atomic E-state index is 15.9. The zero-order valence-electron chi connectivity index (χ0n) is 82.7. The lowest BCUT2D eigenvalue weighted by atomic mass is 9.95. The molecule has 0 spiro atoms. The SMILES string of the molecule is CCCCCCCCCCCCCC(=O)O[C@H](CCCCCCCCCCC)CC(=O)NC(CC)CCCO[C@@H]1O[C@H](CO)[C@@H](OP(=O)(Oc2ccccc2)Oc2ccccc2)[C@H](OC(=O)C[C@@H](CCCCCCCCCCC)OC(=O)CCCCCCCCCCCCC)[C@H]1NC(=O)C[C@@H](CCCCCCCCCCC)OC(=O)CCCCCCCCCCCCC. The van der Waals surface area contributed by atoms with E-state index >= 15 is 14.2 Å². The summed E-state index contributed by atoms with van der Waals surface area (Å²) in [5.41, 5.74) is 0. The van der Waals surface area contributed by atoms with Gasteiger partial charge in [0, 0.05) is 31.9 Å². The smallest absolute Gasteiger partial charge is 0.462 e. The summed E-state index contributed by atoms with van der Waals surface area (Å²) in [6.07, 6.45) is 61.4. The first-order valence-electron chi connectivity index (χ1n) is 53.6. The van der Waals surface area contributed by atoms with Gasteiger partial charge in [0.15, 0.2) is 12.4 Å². The Balaban J connectivity index is 2.13. The number of esters is 4. The number of carbonyl (C=O) groups excluding carboxylic acids is 6. The van der Waals surface area contributed by atoms with E-state index in [0.717, 1.165) is 128 Å². The number of ether oxygens (including phenoxy) is 6. The average Bonchev–Trinajstić information content (AvgIpc) is 0.771. The van der Waals surface area contributed by atoms with Crippen molar-refractivity contribution in [2.75, 3.05) is 13.2 Å². The molecule has 2 aromatic carbocycles. The van der Waals surface area contributed by atoms with E-state index in [0.29, 0.717) is 70.6 Å². The van der Waals surface area contributed by atoms with Gasteiger partial charge in [-0.2, -0.15) is 0 Å². The van der Waals surface area contributed by atoms with Crippen molar-refractivity contribution in [3.63, 3.8) is 0 Å². The van der Waals surface area contributed by atoms with Gasteiger partial charge in [0.05, 0.1) is 25.9 Å². The molecule has 0 radical (unpaired) electrons. The molecule has 740 valence electrons. The molecular weight excluding hydrogens is 1630 g/mol. The van der Waals surface area contributed by atoms with E-state index in [9.17, 15) is 24.3 Å². The zero-order chi connectivity index (χ0) is 92.5. The summed E-state index contributed by atoms with van der Waals surface area (Å²) in [7, 11) is -4.96. The van der Waals surface area contributed by atoms with Gasteiger partial charge in [-0.05, 0) is 101 Å². The monoisotopic (exact) mass is 1820 g/mol. The molecule has 1 unspecified atom stereocenters. The maximum atomic E-state index is 15.9. The first kappa shape index (κ1) is 117. The van der Waals surface area contributed by atoms with Crippen LogP contribution < -0.4 is 19.7 Å². The molecule has 1 heterocycles. The predicted octanol–water partition coefficient (Wildman–Crippen LogP) is 30.2. The average molecular weight is 1820 g/mol. The molecule has 1 aliphatic rings. The Morgan fingerprint density at radius 2 is 0.648 bits per heavy atom. The number of unbranched alkanes of at least 4 members (excludes halogenated alkanes) is 54. The molecule has 3 rings (SSSR count). The molecule has 19 nitrogen and oxygen atoms in total. The number of nitrogens with one attached hydrogen (secondary N) is 2. The summed E-state index contributed by atoms with van der Waals surface area (Å²) in [5, 5.41) is 18.1. The van der Waals surface area contributed by atoms with Gasteiger partial charge < -0.3 is 53.2 Å². The molecule has 1 aliphatic heterocycles. The number of phosphoric acid groups is 1. The van der Waals surface area contributed by atoms with E-state index in [1.165, 1.54) is 231 Å². The summed E-state index contributed by atoms with van der Waals surface area (Å²) in [4.78, 5) is 87.0. The summed E-state index contributed by atoms with van der Waals surface area (Å²) in [6, 6.07) is 14.9. The van der Waals surface area contributed by atoms with Gasteiger partial charge in [0.1, 0.15) is 48.1 Å². The lowest BCUT2D eigenvalue weighted by Gasteiger charge is -2.45. The highest BCUT2D eigenvalue weighted by Crippen LogP contribution is 2.53. The van der Waals surface area contributed by atoms with Crippen LogP contribution in [0.4, 0.5) is 0 Å². The quantitative estimate of drug-likeness (QED) is 0.0241. The summed E-state index contributed by atoms with van der Waals surface area (Å²) in [5.74, 6) is -2.46. The van der Waals surface area contributed by atoms with Gasteiger partial charge >= 0.3 is 31.7 Å². The van der Waals surface area contributed by atoms with Crippen molar-refractivity contribution in [3.8, 4) is 11.5 Å². The predicted molar refractivity (Wildman–Crippen MR) is 524 cm³/mol. The van der Waals surface area contributed by atoms with E-state index < -0.39 is 81.2 Å². The van der Waals surface area contributed by atoms with Crippen molar-refractivity contribution in [1.82, 2.24) is 10.6 Å². The standard InChI is InChI=1S/C108H191N2O17P/c1-8-15-21-27-33-39-42-48-54-60-72-84-101(114)120-95(81-65-57-51-45-36-30-24-18-11-4)88-99(112)109-92(14-7)76-75-87-119-108-105(110-100(113)89-96(82-66-58-52-46-37-31-25-19-12-5)121-102(115)85-73-61-55-49-43-40-34-28-22-16-9-2)107(106(98(91-111)123-108)127-128(118,125-93-77-68-63-69-78-93)126-94-79-70-64-71-80-94)124-104(117)90-97(83-67-59-53-47-38-32-26-20-13-6)122-103(116)86-74-62-56-50-44-41-35-29-23-17-10-3/h63-64,68-71,77-80,92,95-98,105-108,111H,8-62,65-67,72-76,81-91H2,1-7H3,(H,109,112)(H,110,113)/t92?,95-,96-,97-,98-,105-,106-,107-,108-/m1/s1. The van der Waals surface area contributed by atoms with Gasteiger partial charge in [-0.15, -0.1) is 0 Å². The minimum atomic E-state index is -4.96. The molecule has 2 aromatic rings. The van der Waals surface area contributed by atoms with Crippen LogP contribution in [0, 0.1) is 0 Å². The normalized spacial score (nSPS) is 16.1. The largest absolute Gasteiger partial charge is 0.588 e. The van der Waals surface area contributed by atoms with E-state index in [-0.39, 0.29) is 74.1 Å². The lowest BCUT2D eigenvalue weighted by molar-refractivity contribution is -0.271. The fourth-order valence-corrected chi connectivity index (χ4v) is 18.9. The molecule has 0 aromatic heterocycles. The van der Waals surface area contributed by atoms with Crippen LogP contribution in [0.1, 0.15) is 511 Å². The molecule has 9 atom stereocenters. The van der Waals surface area contributed by atoms with Crippen molar-refractivity contribution >= 4 is 43.5 Å². The minimum absolute atomic E-state index is 0.0217. The molecule has 1 saturated heterocycles. The van der Waals surface area contributed by atoms with Gasteiger partial charge in [-0.3, -0.25) is 33.3 Å². The van der Waals surface area contributed by atoms with Gasteiger partial charge in [0.2, 0.25) is 11.8 Å². The van der Waals surface area contributed by atoms with Gasteiger partial charge in [-0.25, -0.2) is 4.57 Å². The Bertz CT molecular complexity index is 2940. The molecule has 3 N–H and O–H groups in total. The van der Waals surface area contributed by atoms with Crippen molar-refractivity contribution in [2.45, 2.75) is 566 Å². The second-order valence-electron chi connectivity index (χ2n) is 37.4. The van der Waals surface area contributed by atoms with E-state index in [4.69, 9.17) is 42.0 Å². The molecule has 128 heavy (non-hydrogen) atoms. The van der Waals surface area contributed by atoms with Crippen LogP contribution in [0.3, 0.4) is 0 Å². The minimum Gasteiger partial charge on any atom is -0.462 e. The van der Waals surface area contributed by atoms with Crippen LogP contribution in [-0.2, 0) is 66.3 Å². The third-order valence-electron chi connectivity index (χ3n) is 25.4. The summed E-state index contributed by atoms with van der Waals surface area (Å²) >= 11 is 0. The number of amides is 2.